The number of rotatable bonds is 22. The van der Waals surface area contributed by atoms with Crippen LogP contribution in [-0.2, 0) is 22.4 Å². The molecule has 1 aliphatic rings. The van der Waals surface area contributed by atoms with Crippen LogP contribution >= 0.6 is 0 Å². The maximum absolute atomic E-state index is 12.8. The fourth-order valence-electron chi connectivity index (χ4n) is 6.21. The number of phenolic OH excluding ortho intramolecular Hbond substituents is 1. The number of nitrogens with two attached hydrogens (primary N) is 1. The number of ketones is 2. The highest BCUT2D eigenvalue weighted by atomic mass is 16.5. The summed E-state index contributed by atoms with van der Waals surface area (Å²) in [5.41, 5.74) is 11.3. The van der Waals surface area contributed by atoms with E-state index in [0.29, 0.717) is 24.5 Å². The van der Waals surface area contributed by atoms with E-state index in [1.807, 2.05) is 37.5 Å². The quantitative estimate of drug-likeness (QED) is 0.0600. The number of hydrogen-bond acceptors (Lipinski definition) is 7. The number of aromatic hydroxyl groups is 1. The Balaban J connectivity index is 1.55. The smallest absolute Gasteiger partial charge is 0.163 e. The largest absolute Gasteiger partial charge is 0.504 e. The molecule has 0 bridgehead atoms. The molecule has 7 nitrogen and oxygen atoms in total. The number of ether oxygens (including phenoxy) is 1. The lowest BCUT2D eigenvalue weighted by atomic mass is 9.90. The van der Waals surface area contributed by atoms with E-state index in [4.69, 9.17) is 10.5 Å². The van der Waals surface area contributed by atoms with Crippen LogP contribution in [0.1, 0.15) is 94.7 Å². The predicted molar refractivity (Wildman–Crippen MR) is 193 cm³/mol. The van der Waals surface area contributed by atoms with E-state index in [9.17, 15) is 14.7 Å². The van der Waals surface area contributed by atoms with Crippen LogP contribution in [-0.4, -0.2) is 43.5 Å². The molecule has 2 aromatic carbocycles. The predicted octanol–water partition coefficient (Wildman–Crippen LogP) is 7.43. The van der Waals surface area contributed by atoms with E-state index < -0.39 is 0 Å². The molecule has 0 saturated heterocycles. The average Bonchev–Trinajstić information content (AvgIpc) is 3.04. The van der Waals surface area contributed by atoms with Crippen molar-refractivity contribution in [3.05, 3.63) is 88.7 Å². The zero-order valence-electron chi connectivity index (χ0n) is 29.0. The van der Waals surface area contributed by atoms with Gasteiger partial charge in [0.05, 0.1) is 19.7 Å². The number of aryl methyl sites for hydroxylation is 1. The lowest BCUT2D eigenvalue weighted by molar-refractivity contribution is -0.124. The molecular formula is C40H57N3O4. The third-order valence-electron chi connectivity index (χ3n) is 8.87. The number of benzene rings is 2. The highest BCUT2D eigenvalue weighted by Gasteiger charge is 2.17. The Morgan fingerprint density at radius 2 is 1.79 bits per heavy atom. The number of dihydropyridines is 1. The van der Waals surface area contributed by atoms with Crippen molar-refractivity contribution in [2.75, 3.05) is 20.7 Å². The summed E-state index contributed by atoms with van der Waals surface area (Å²) in [6.07, 6.45) is 17.4. The first kappa shape index (κ1) is 37.8. The molecule has 47 heavy (non-hydrogen) atoms. The Morgan fingerprint density at radius 1 is 1.02 bits per heavy atom. The van der Waals surface area contributed by atoms with Crippen LogP contribution < -0.4 is 21.1 Å². The first-order chi connectivity index (χ1) is 22.7. The van der Waals surface area contributed by atoms with Gasteiger partial charge in [0, 0.05) is 12.6 Å². The number of hydrogen-bond donors (Lipinski definition) is 4. The molecule has 2 aromatic rings. The molecule has 0 aromatic heterocycles. The van der Waals surface area contributed by atoms with Crippen molar-refractivity contribution in [3.8, 4) is 11.5 Å². The summed E-state index contributed by atoms with van der Waals surface area (Å²) >= 11 is 0. The Labute approximate surface area is 282 Å². The third kappa shape index (κ3) is 13.9. The van der Waals surface area contributed by atoms with Crippen LogP contribution in [0.2, 0.25) is 0 Å². The summed E-state index contributed by atoms with van der Waals surface area (Å²) in [4.78, 5) is 25.4. The van der Waals surface area contributed by atoms with Crippen molar-refractivity contribution in [2.45, 2.75) is 97.1 Å². The molecule has 0 fully saturated rings. The lowest BCUT2D eigenvalue weighted by Gasteiger charge is -2.22. The highest BCUT2D eigenvalue weighted by Crippen LogP contribution is 2.33. The highest BCUT2D eigenvalue weighted by molar-refractivity contribution is 6.06. The van der Waals surface area contributed by atoms with Gasteiger partial charge in [0.25, 0.3) is 0 Å². The fraction of sp³-hybridized carbons (Fsp3) is 0.500. The van der Waals surface area contributed by atoms with Crippen molar-refractivity contribution in [1.82, 2.24) is 10.6 Å². The van der Waals surface area contributed by atoms with Crippen LogP contribution in [0.25, 0.3) is 6.08 Å². The fourth-order valence-corrected chi connectivity index (χ4v) is 6.21. The number of allylic oxidation sites excluding steroid dienone is 3. The number of unbranched alkanes of at least 4 members (excludes halogenated alkanes) is 2. The summed E-state index contributed by atoms with van der Waals surface area (Å²) in [5.74, 6) is 1.55. The number of methoxy groups -OCH3 is 1. The molecule has 0 amide bonds. The Kier molecular flexibility index (Phi) is 16.5. The molecular weight excluding hydrogens is 586 g/mol. The molecule has 0 saturated carbocycles. The molecule has 5 N–H and O–H groups in total. The number of Topliss-reactive ketones (excluding diaryl/α,β-unsaturated/α-hetero) is 1. The van der Waals surface area contributed by atoms with E-state index in [2.05, 4.69) is 36.6 Å². The van der Waals surface area contributed by atoms with Gasteiger partial charge in [-0.1, -0.05) is 75.9 Å². The van der Waals surface area contributed by atoms with E-state index >= 15 is 0 Å². The SMILES string of the molecule is CNC[C@H](CCCCCC(=O)CC(=O)/C=C/c1cc(OC)c(O)cc1CC1=CNC(N)C=C1CCc1ccccc1)CCCC(C)C. The molecule has 256 valence electrons. The second-order valence-electron chi connectivity index (χ2n) is 13.3. The average molecular weight is 644 g/mol. The van der Waals surface area contributed by atoms with Crippen LogP contribution in [0.15, 0.2) is 72.0 Å². The molecule has 0 spiro atoms. The molecule has 1 heterocycles. The van der Waals surface area contributed by atoms with Gasteiger partial charge in [0.15, 0.2) is 17.3 Å². The summed E-state index contributed by atoms with van der Waals surface area (Å²) in [5, 5.41) is 17.1. The minimum Gasteiger partial charge on any atom is -0.504 e. The van der Waals surface area contributed by atoms with Gasteiger partial charge < -0.3 is 26.2 Å². The number of phenols is 1. The minimum absolute atomic E-state index is 0.0187. The van der Waals surface area contributed by atoms with E-state index in [0.717, 1.165) is 66.8 Å². The molecule has 3 rings (SSSR count). The van der Waals surface area contributed by atoms with Crippen LogP contribution in [0.5, 0.6) is 11.5 Å². The second kappa shape index (κ2) is 20.5. The van der Waals surface area contributed by atoms with Gasteiger partial charge in [-0.3, -0.25) is 9.59 Å². The Morgan fingerprint density at radius 3 is 2.51 bits per heavy atom. The van der Waals surface area contributed by atoms with Crippen LogP contribution in [0.4, 0.5) is 0 Å². The van der Waals surface area contributed by atoms with E-state index in [-0.39, 0.29) is 29.9 Å². The van der Waals surface area contributed by atoms with Crippen LogP contribution in [0, 0.1) is 11.8 Å². The summed E-state index contributed by atoms with van der Waals surface area (Å²) < 4.78 is 5.36. The van der Waals surface area contributed by atoms with Gasteiger partial charge in [-0.05, 0) is 116 Å². The van der Waals surface area contributed by atoms with Gasteiger partial charge in [-0.15, -0.1) is 0 Å². The van der Waals surface area contributed by atoms with Crippen molar-refractivity contribution in [2.24, 2.45) is 17.6 Å². The van der Waals surface area contributed by atoms with E-state index in [1.165, 1.54) is 44.4 Å². The van der Waals surface area contributed by atoms with Crippen molar-refractivity contribution in [3.63, 3.8) is 0 Å². The molecule has 1 aliphatic heterocycles. The van der Waals surface area contributed by atoms with Crippen molar-refractivity contribution < 1.29 is 19.4 Å². The number of carbonyl (C=O) groups excluding carboxylic acids is 2. The maximum Gasteiger partial charge on any atom is 0.163 e. The van der Waals surface area contributed by atoms with Gasteiger partial charge in [0.2, 0.25) is 0 Å². The van der Waals surface area contributed by atoms with Crippen LogP contribution in [0.3, 0.4) is 0 Å². The first-order valence-corrected chi connectivity index (χ1v) is 17.4. The summed E-state index contributed by atoms with van der Waals surface area (Å²) in [6.45, 7) is 5.60. The second-order valence-corrected chi connectivity index (χ2v) is 13.3. The summed E-state index contributed by atoms with van der Waals surface area (Å²) in [7, 11) is 3.51. The zero-order valence-corrected chi connectivity index (χ0v) is 29.0. The van der Waals surface area contributed by atoms with Gasteiger partial charge >= 0.3 is 0 Å². The monoisotopic (exact) mass is 643 g/mol. The maximum atomic E-state index is 12.8. The Hall–Kier alpha value is -3.68. The number of nitrogens with one attached hydrogen (secondary N) is 2. The van der Waals surface area contributed by atoms with Gasteiger partial charge in [-0.2, -0.15) is 0 Å². The minimum atomic E-state index is -0.266. The standard InChI is InChI=1S/C40H57N3O4/c1-29(2)12-11-16-31(27-42-3)15-9-6-10-17-36(44)26-37(45)21-20-32-24-39(47-4)38(46)23-34(32)22-35-28-43-40(41)25-33(35)19-18-30-13-7-5-8-14-30/h5,7-8,13-14,20-21,23-25,28-29,31,40,42-43,46H,6,9-12,15-19,22,26-27,41H2,1-4H3/b21-20+/t31-,40?/m1/s1. The lowest BCUT2D eigenvalue weighted by Crippen LogP contribution is -2.35. The molecule has 1 unspecified atom stereocenters. The molecule has 2 atom stereocenters. The molecule has 7 heteroatoms. The zero-order chi connectivity index (χ0) is 34.0. The van der Waals surface area contributed by atoms with Gasteiger partial charge in [0.1, 0.15) is 5.78 Å². The first-order valence-electron chi connectivity index (χ1n) is 17.4. The Bertz CT molecular complexity index is 1360. The molecule has 0 aliphatic carbocycles. The van der Waals surface area contributed by atoms with E-state index in [1.54, 1.807) is 18.2 Å². The third-order valence-corrected chi connectivity index (χ3v) is 8.87. The number of carbonyl (C=O) groups is 2. The van der Waals surface area contributed by atoms with Gasteiger partial charge in [-0.25, -0.2) is 0 Å². The van der Waals surface area contributed by atoms with Crippen molar-refractivity contribution >= 4 is 17.6 Å². The van der Waals surface area contributed by atoms with Crippen molar-refractivity contribution in [1.29, 1.82) is 0 Å². The topological polar surface area (TPSA) is 114 Å². The molecule has 0 radical (unpaired) electrons. The normalized spacial score (nSPS) is 15.3. The summed E-state index contributed by atoms with van der Waals surface area (Å²) in [6, 6.07) is 13.8.